The standard InChI is InChI=1S/C20H20N4O4/c1-28-17(25)9-13-6-7-22-16(8-13)18(26)15-11-23-19(24-20(15)27)14-4-2-12(10-21)3-5-14/h2-5,11,13,16,22H,6-9H2,1H3,(H,23,24,27). The Balaban J connectivity index is 1.76. The number of Topliss-reactive ketones (excluding diaryl/α,β-unsaturated/α-hetero) is 1. The van der Waals surface area contributed by atoms with Crippen molar-refractivity contribution in [3.63, 3.8) is 0 Å². The van der Waals surface area contributed by atoms with E-state index in [-0.39, 0.29) is 29.7 Å². The zero-order valence-corrected chi connectivity index (χ0v) is 15.4. The molecule has 1 aromatic heterocycles. The molecule has 8 nitrogen and oxygen atoms in total. The molecular weight excluding hydrogens is 360 g/mol. The van der Waals surface area contributed by atoms with E-state index in [0.717, 1.165) is 6.42 Å². The number of aromatic amines is 1. The number of piperidine rings is 1. The molecule has 1 aliphatic heterocycles. The molecule has 1 aliphatic rings. The van der Waals surface area contributed by atoms with E-state index in [1.54, 1.807) is 24.3 Å². The van der Waals surface area contributed by atoms with E-state index >= 15 is 0 Å². The topological polar surface area (TPSA) is 125 Å². The van der Waals surface area contributed by atoms with Crippen molar-refractivity contribution in [2.45, 2.75) is 25.3 Å². The van der Waals surface area contributed by atoms with Gasteiger partial charge in [-0.1, -0.05) is 0 Å². The van der Waals surface area contributed by atoms with E-state index in [9.17, 15) is 14.4 Å². The normalized spacial score (nSPS) is 18.9. The van der Waals surface area contributed by atoms with Crippen LogP contribution >= 0.6 is 0 Å². The van der Waals surface area contributed by atoms with Crippen LogP contribution in [0.2, 0.25) is 0 Å². The number of ketones is 1. The van der Waals surface area contributed by atoms with Gasteiger partial charge in [0.15, 0.2) is 5.78 Å². The maximum absolute atomic E-state index is 12.8. The fraction of sp³-hybridized carbons (Fsp3) is 0.350. The number of ether oxygens (including phenoxy) is 1. The zero-order valence-electron chi connectivity index (χ0n) is 15.4. The van der Waals surface area contributed by atoms with Gasteiger partial charge in [-0.15, -0.1) is 0 Å². The number of carbonyl (C=O) groups excluding carboxylic acids is 2. The number of hydrogen-bond donors (Lipinski definition) is 2. The number of H-pyrrole nitrogens is 1. The molecule has 0 amide bonds. The second kappa shape index (κ2) is 8.59. The van der Waals surface area contributed by atoms with Crippen LogP contribution < -0.4 is 10.9 Å². The van der Waals surface area contributed by atoms with Crippen LogP contribution in [0, 0.1) is 17.2 Å². The fourth-order valence-electron chi connectivity index (χ4n) is 3.31. The van der Waals surface area contributed by atoms with Crippen LogP contribution in [0.4, 0.5) is 0 Å². The zero-order chi connectivity index (χ0) is 20.1. The van der Waals surface area contributed by atoms with E-state index in [4.69, 9.17) is 10.00 Å². The molecule has 2 unspecified atom stereocenters. The monoisotopic (exact) mass is 380 g/mol. The minimum atomic E-state index is -0.535. The van der Waals surface area contributed by atoms with Gasteiger partial charge in [0.05, 0.1) is 24.8 Å². The lowest BCUT2D eigenvalue weighted by Crippen LogP contribution is -2.45. The molecule has 28 heavy (non-hydrogen) atoms. The van der Waals surface area contributed by atoms with Crippen molar-refractivity contribution < 1.29 is 14.3 Å². The minimum Gasteiger partial charge on any atom is -0.469 e. The average molecular weight is 380 g/mol. The third-order valence-corrected chi connectivity index (χ3v) is 4.86. The van der Waals surface area contributed by atoms with Gasteiger partial charge >= 0.3 is 5.97 Å². The second-order valence-electron chi connectivity index (χ2n) is 6.71. The van der Waals surface area contributed by atoms with E-state index in [2.05, 4.69) is 15.3 Å². The summed E-state index contributed by atoms with van der Waals surface area (Å²) in [6.45, 7) is 0.590. The second-order valence-corrected chi connectivity index (χ2v) is 6.71. The SMILES string of the molecule is COC(=O)CC1CCNC(C(=O)c2cnc(-c3ccc(C#N)cc3)[nH]c2=O)C1. The molecule has 0 bridgehead atoms. The van der Waals surface area contributed by atoms with E-state index < -0.39 is 11.6 Å². The molecule has 0 saturated carbocycles. The van der Waals surface area contributed by atoms with Gasteiger partial charge in [-0.25, -0.2) is 4.98 Å². The van der Waals surface area contributed by atoms with Crippen LogP contribution in [-0.4, -0.2) is 41.4 Å². The van der Waals surface area contributed by atoms with Crippen LogP contribution in [0.15, 0.2) is 35.3 Å². The van der Waals surface area contributed by atoms with Gasteiger partial charge in [0, 0.05) is 18.2 Å². The number of nitrogens with one attached hydrogen (secondary N) is 2. The number of methoxy groups -OCH3 is 1. The molecule has 0 spiro atoms. The Bertz CT molecular complexity index is 975. The lowest BCUT2D eigenvalue weighted by atomic mass is 9.87. The summed E-state index contributed by atoms with van der Waals surface area (Å²) >= 11 is 0. The first-order valence-electron chi connectivity index (χ1n) is 8.96. The number of hydrogen-bond acceptors (Lipinski definition) is 7. The number of nitriles is 1. The first-order chi connectivity index (χ1) is 13.5. The van der Waals surface area contributed by atoms with Crippen molar-refractivity contribution in [1.29, 1.82) is 5.26 Å². The Labute approximate surface area is 161 Å². The third-order valence-electron chi connectivity index (χ3n) is 4.86. The largest absolute Gasteiger partial charge is 0.469 e. The van der Waals surface area contributed by atoms with Gasteiger partial charge in [0.1, 0.15) is 11.4 Å². The van der Waals surface area contributed by atoms with Crippen LogP contribution in [0.3, 0.4) is 0 Å². The van der Waals surface area contributed by atoms with Gasteiger partial charge in [-0.2, -0.15) is 5.26 Å². The number of rotatable bonds is 5. The molecule has 0 aliphatic carbocycles. The summed E-state index contributed by atoms with van der Waals surface area (Å²) in [6, 6.07) is 8.10. The minimum absolute atomic E-state index is 0.0198. The smallest absolute Gasteiger partial charge is 0.305 e. The lowest BCUT2D eigenvalue weighted by molar-refractivity contribution is -0.142. The van der Waals surface area contributed by atoms with Crippen molar-refractivity contribution in [1.82, 2.24) is 15.3 Å². The average Bonchev–Trinajstić information content (AvgIpc) is 2.73. The molecule has 1 fully saturated rings. The molecule has 1 aromatic carbocycles. The number of carbonyl (C=O) groups is 2. The maximum Gasteiger partial charge on any atom is 0.305 e. The fourth-order valence-corrected chi connectivity index (χ4v) is 3.31. The van der Waals surface area contributed by atoms with Crippen molar-refractivity contribution in [2.24, 2.45) is 5.92 Å². The Kier molecular flexibility index (Phi) is 5.96. The summed E-state index contributed by atoms with van der Waals surface area (Å²) in [5.74, 6) is -0.280. The molecule has 2 N–H and O–H groups in total. The summed E-state index contributed by atoms with van der Waals surface area (Å²) in [6.07, 6.45) is 2.77. The van der Waals surface area contributed by atoms with Crippen molar-refractivity contribution in [2.75, 3.05) is 13.7 Å². The number of aromatic nitrogens is 2. The highest BCUT2D eigenvalue weighted by Gasteiger charge is 2.30. The Morgan fingerprint density at radius 1 is 1.32 bits per heavy atom. The molecule has 2 aromatic rings. The maximum atomic E-state index is 12.8. The molecule has 8 heteroatoms. The predicted octanol–water partition coefficient (Wildman–Crippen LogP) is 1.42. The lowest BCUT2D eigenvalue weighted by Gasteiger charge is -2.28. The highest BCUT2D eigenvalue weighted by Crippen LogP contribution is 2.22. The first kappa shape index (κ1) is 19.5. The Morgan fingerprint density at radius 2 is 2.07 bits per heavy atom. The predicted molar refractivity (Wildman–Crippen MR) is 100 cm³/mol. The first-order valence-corrected chi connectivity index (χ1v) is 8.96. The molecule has 2 atom stereocenters. The van der Waals surface area contributed by atoms with E-state index in [1.165, 1.54) is 13.3 Å². The number of esters is 1. The van der Waals surface area contributed by atoms with Gasteiger partial charge in [0.2, 0.25) is 0 Å². The van der Waals surface area contributed by atoms with Crippen LogP contribution in [0.1, 0.15) is 35.2 Å². The van der Waals surface area contributed by atoms with Gasteiger partial charge in [-0.3, -0.25) is 14.4 Å². The summed E-state index contributed by atoms with van der Waals surface area (Å²) in [5, 5.41) is 12.0. The van der Waals surface area contributed by atoms with E-state index in [0.29, 0.717) is 29.9 Å². The van der Waals surface area contributed by atoms with Crippen LogP contribution in [-0.2, 0) is 9.53 Å². The molecule has 2 heterocycles. The van der Waals surface area contributed by atoms with Crippen LogP contribution in [0.5, 0.6) is 0 Å². The van der Waals surface area contributed by atoms with E-state index in [1.807, 2.05) is 6.07 Å². The summed E-state index contributed by atoms with van der Waals surface area (Å²) in [7, 11) is 1.34. The highest BCUT2D eigenvalue weighted by atomic mass is 16.5. The van der Waals surface area contributed by atoms with Crippen molar-refractivity contribution in [3.8, 4) is 17.5 Å². The Morgan fingerprint density at radius 3 is 2.71 bits per heavy atom. The Hall–Kier alpha value is -3.31. The third kappa shape index (κ3) is 4.32. The number of nitrogens with zero attached hydrogens (tertiary/aromatic N) is 2. The molecule has 3 rings (SSSR count). The van der Waals surface area contributed by atoms with Crippen molar-refractivity contribution >= 4 is 11.8 Å². The quantitative estimate of drug-likeness (QED) is 0.593. The molecule has 144 valence electrons. The molecular formula is C20H20N4O4. The van der Waals surface area contributed by atoms with Crippen LogP contribution in [0.25, 0.3) is 11.4 Å². The van der Waals surface area contributed by atoms with Gasteiger partial charge in [-0.05, 0) is 49.6 Å². The summed E-state index contributed by atoms with van der Waals surface area (Å²) in [5.41, 5.74) is 0.608. The summed E-state index contributed by atoms with van der Waals surface area (Å²) < 4.78 is 4.70. The summed E-state index contributed by atoms with van der Waals surface area (Å²) in [4.78, 5) is 43.5. The number of benzene rings is 1. The highest BCUT2D eigenvalue weighted by molar-refractivity contribution is 5.99. The molecule has 0 radical (unpaired) electrons. The molecule has 1 saturated heterocycles. The van der Waals surface area contributed by atoms with Gasteiger partial charge in [0.25, 0.3) is 5.56 Å². The van der Waals surface area contributed by atoms with Gasteiger partial charge < -0.3 is 15.0 Å². The van der Waals surface area contributed by atoms with Crippen molar-refractivity contribution in [3.05, 3.63) is 51.9 Å².